The summed E-state index contributed by atoms with van der Waals surface area (Å²) >= 11 is 0. The summed E-state index contributed by atoms with van der Waals surface area (Å²) in [5.74, 6) is 2.44. The number of nitrogens with one attached hydrogen (secondary N) is 2. The first kappa shape index (κ1) is 19.2. The highest BCUT2D eigenvalue weighted by atomic mass is 16.5. The lowest BCUT2D eigenvalue weighted by atomic mass is 10.0. The van der Waals surface area contributed by atoms with Crippen molar-refractivity contribution in [2.45, 2.75) is 44.2 Å². The van der Waals surface area contributed by atoms with Crippen LogP contribution in [0.25, 0.3) is 0 Å². The van der Waals surface area contributed by atoms with Crippen LogP contribution in [-0.4, -0.2) is 66.0 Å². The van der Waals surface area contributed by atoms with Gasteiger partial charge in [-0.25, -0.2) is 9.97 Å². The van der Waals surface area contributed by atoms with Crippen LogP contribution in [0, 0.1) is 10.8 Å². The summed E-state index contributed by atoms with van der Waals surface area (Å²) in [5, 5.41) is 11.3. The smallest absolute Gasteiger partial charge is 0.135 e. The van der Waals surface area contributed by atoms with Crippen LogP contribution in [0.3, 0.4) is 0 Å². The minimum absolute atomic E-state index is 0.475. The maximum Gasteiger partial charge on any atom is 0.135 e. The van der Waals surface area contributed by atoms with Crippen LogP contribution in [-0.2, 0) is 4.74 Å². The molecule has 2 unspecified atom stereocenters. The number of hydrogen-bond donors (Lipinski definition) is 2. The second kappa shape index (κ2) is 7.28. The van der Waals surface area contributed by atoms with Crippen molar-refractivity contribution in [3.8, 4) is 0 Å². The van der Waals surface area contributed by atoms with Crippen molar-refractivity contribution in [2.24, 2.45) is 5.41 Å². The number of benzene rings is 1. The molecule has 7 nitrogen and oxygen atoms in total. The maximum absolute atomic E-state index is 7.81. The van der Waals surface area contributed by atoms with Gasteiger partial charge in [0.2, 0.25) is 0 Å². The van der Waals surface area contributed by atoms with E-state index in [1.54, 1.807) is 6.33 Å². The Bertz CT molecular complexity index is 1000. The number of anilines is 3. The lowest BCUT2D eigenvalue weighted by Gasteiger charge is -2.46. The monoisotopic (exact) mass is 418 g/mol. The van der Waals surface area contributed by atoms with E-state index in [0.29, 0.717) is 23.4 Å². The largest absolute Gasteiger partial charge is 0.378 e. The third kappa shape index (κ3) is 3.49. The van der Waals surface area contributed by atoms with E-state index in [9.17, 15) is 0 Å². The molecular formula is C24H30N6O. The zero-order valence-corrected chi connectivity index (χ0v) is 18.1. The highest BCUT2D eigenvalue weighted by Gasteiger charge is 2.62. The van der Waals surface area contributed by atoms with Gasteiger partial charge in [0.1, 0.15) is 18.0 Å². The Morgan fingerprint density at radius 3 is 2.74 bits per heavy atom. The number of aromatic nitrogens is 2. The molecule has 1 aromatic heterocycles. The first-order chi connectivity index (χ1) is 15.1. The van der Waals surface area contributed by atoms with Crippen molar-refractivity contribution in [2.75, 3.05) is 43.1 Å². The van der Waals surface area contributed by atoms with Crippen LogP contribution < -0.4 is 10.2 Å². The maximum atomic E-state index is 7.81. The summed E-state index contributed by atoms with van der Waals surface area (Å²) in [6.07, 6.45) is 7.13. The highest BCUT2D eigenvalue weighted by molar-refractivity contribution is 5.87. The Kier molecular flexibility index (Phi) is 4.51. The number of rotatable bonds is 6. The normalized spacial score (nSPS) is 27.1. The molecule has 2 aliphatic carbocycles. The average Bonchev–Trinajstić information content (AvgIpc) is 3.67. The predicted octanol–water partition coefficient (Wildman–Crippen LogP) is 3.39. The number of hydrogen-bond acceptors (Lipinski definition) is 7. The van der Waals surface area contributed by atoms with E-state index >= 15 is 0 Å². The summed E-state index contributed by atoms with van der Waals surface area (Å²) in [6, 6.07) is 9.57. The fourth-order valence-electron chi connectivity index (χ4n) is 5.42. The van der Waals surface area contributed by atoms with Gasteiger partial charge in [0, 0.05) is 49.2 Å². The van der Waals surface area contributed by atoms with E-state index in [4.69, 9.17) is 10.1 Å². The molecule has 2 saturated heterocycles. The topological polar surface area (TPSA) is 77.4 Å². The van der Waals surface area contributed by atoms with Crippen molar-refractivity contribution < 1.29 is 4.74 Å². The molecule has 2 aromatic rings. The summed E-state index contributed by atoms with van der Waals surface area (Å²) in [6.45, 7) is 6.97. The van der Waals surface area contributed by atoms with E-state index in [0.717, 1.165) is 55.7 Å². The van der Waals surface area contributed by atoms with Gasteiger partial charge in [0.15, 0.2) is 0 Å². The molecule has 2 atom stereocenters. The Morgan fingerprint density at radius 2 is 2.06 bits per heavy atom. The molecule has 6 rings (SSSR count). The molecule has 1 aromatic carbocycles. The molecule has 2 N–H and O–H groups in total. The Labute approximate surface area is 183 Å². The molecule has 0 radical (unpaired) electrons. The second-order valence-electron chi connectivity index (χ2n) is 9.72. The van der Waals surface area contributed by atoms with Crippen LogP contribution in [0.4, 0.5) is 17.3 Å². The standard InChI is InChI=1S/C24H30N6O/c1-16-12-29(6-7-30(16)19-13-31-14-19)23-9-22(26-15-27-23)28-21-8-17(2-3-18(21)11-25)20-10-24(20)4-5-24/h2-3,8-9,11,15-16,19-20,25H,4-7,10,12-14H2,1H3,(H,26,27,28). The Balaban J connectivity index is 1.18. The summed E-state index contributed by atoms with van der Waals surface area (Å²) < 4.78 is 5.38. The zero-order valence-electron chi connectivity index (χ0n) is 18.1. The van der Waals surface area contributed by atoms with Crippen molar-refractivity contribution in [3.63, 3.8) is 0 Å². The number of piperazine rings is 1. The van der Waals surface area contributed by atoms with Crippen LogP contribution >= 0.6 is 0 Å². The quantitative estimate of drug-likeness (QED) is 0.700. The number of nitrogens with zero attached hydrogens (tertiary/aromatic N) is 4. The predicted molar refractivity (Wildman–Crippen MR) is 122 cm³/mol. The Morgan fingerprint density at radius 1 is 1.19 bits per heavy atom. The second-order valence-corrected chi connectivity index (χ2v) is 9.72. The first-order valence-electron chi connectivity index (χ1n) is 11.5. The molecule has 162 valence electrons. The zero-order chi connectivity index (χ0) is 21.0. The van der Waals surface area contributed by atoms with Crippen molar-refractivity contribution >= 4 is 23.5 Å². The highest BCUT2D eigenvalue weighted by Crippen LogP contribution is 2.75. The van der Waals surface area contributed by atoms with Gasteiger partial charge in [-0.15, -0.1) is 0 Å². The fraction of sp³-hybridized carbons (Fsp3) is 0.542. The molecule has 3 heterocycles. The summed E-state index contributed by atoms with van der Waals surface area (Å²) in [7, 11) is 0. The molecule has 4 aliphatic rings. The minimum Gasteiger partial charge on any atom is -0.378 e. The molecule has 2 aliphatic heterocycles. The van der Waals surface area contributed by atoms with Crippen LogP contribution in [0.15, 0.2) is 30.6 Å². The molecule has 4 fully saturated rings. The molecular weight excluding hydrogens is 388 g/mol. The van der Waals surface area contributed by atoms with Gasteiger partial charge in [-0.05, 0) is 49.1 Å². The first-order valence-corrected chi connectivity index (χ1v) is 11.5. The van der Waals surface area contributed by atoms with E-state index < -0.39 is 0 Å². The van der Waals surface area contributed by atoms with Gasteiger partial charge in [0.25, 0.3) is 0 Å². The van der Waals surface area contributed by atoms with E-state index in [2.05, 4.69) is 50.2 Å². The van der Waals surface area contributed by atoms with Crippen LogP contribution in [0.2, 0.25) is 0 Å². The van der Waals surface area contributed by atoms with Crippen molar-refractivity contribution in [3.05, 3.63) is 41.7 Å². The molecule has 31 heavy (non-hydrogen) atoms. The van der Waals surface area contributed by atoms with Gasteiger partial charge >= 0.3 is 0 Å². The molecule has 2 saturated carbocycles. The molecule has 7 heteroatoms. The van der Waals surface area contributed by atoms with Gasteiger partial charge < -0.3 is 20.4 Å². The van der Waals surface area contributed by atoms with E-state index in [-0.39, 0.29) is 0 Å². The third-order valence-electron chi connectivity index (χ3n) is 7.72. The minimum atomic E-state index is 0.475. The fourth-order valence-corrected chi connectivity index (χ4v) is 5.42. The van der Waals surface area contributed by atoms with Gasteiger partial charge in [-0.2, -0.15) is 0 Å². The van der Waals surface area contributed by atoms with Gasteiger partial charge in [-0.1, -0.05) is 12.1 Å². The van der Waals surface area contributed by atoms with Crippen LogP contribution in [0.5, 0.6) is 0 Å². The van der Waals surface area contributed by atoms with E-state index in [1.165, 1.54) is 31.0 Å². The van der Waals surface area contributed by atoms with Crippen LogP contribution in [0.1, 0.15) is 43.2 Å². The average molecular weight is 419 g/mol. The lowest BCUT2D eigenvalue weighted by Crippen LogP contribution is -2.60. The SMILES string of the molecule is CC1CN(c2cc(Nc3cc(C4CC45CC5)ccc3C=N)ncn2)CCN1C1COC1. The number of ether oxygens (including phenoxy) is 1. The van der Waals surface area contributed by atoms with Gasteiger partial charge in [-0.3, -0.25) is 4.90 Å². The van der Waals surface area contributed by atoms with Crippen molar-refractivity contribution in [1.82, 2.24) is 14.9 Å². The Hall–Kier alpha value is -2.51. The molecule has 0 bridgehead atoms. The molecule has 0 amide bonds. The lowest BCUT2D eigenvalue weighted by molar-refractivity contribution is -0.0793. The van der Waals surface area contributed by atoms with Gasteiger partial charge in [0.05, 0.1) is 19.3 Å². The van der Waals surface area contributed by atoms with Crippen molar-refractivity contribution in [1.29, 1.82) is 5.41 Å². The summed E-state index contributed by atoms with van der Waals surface area (Å²) in [4.78, 5) is 13.9. The molecule has 1 spiro atoms. The summed E-state index contributed by atoms with van der Waals surface area (Å²) in [5.41, 5.74) is 3.86. The third-order valence-corrected chi connectivity index (χ3v) is 7.72. The van der Waals surface area contributed by atoms with E-state index in [1.807, 2.05) is 6.07 Å².